The summed E-state index contributed by atoms with van der Waals surface area (Å²) in [4.78, 5) is 31.6. The number of anilines is 2. The van der Waals surface area contributed by atoms with E-state index in [0.29, 0.717) is 5.17 Å². The Morgan fingerprint density at radius 2 is 2.00 bits per heavy atom. The van der Waals surface area contributed by atoms with E-state index in [1.807, 2.05) is 43.3 Å². The zero-order valence-corrected chi connectivity index (χ0v) is 14.0. The highest BCUT2D eigenvalue weighted by molar-refractivity contribution is 8.15. The van der Waals surface area contributed by atoms with Crippen LogP contribution in [0.3, 0.4) is 0 Å². The van der Waals surface area contributed by atoms with Gasteiger partial charge in [0.15, 0.2) is 5.17 Å². The largest absolute Gasteiger partial charge is 0.378 e. The smallest absolute Gasteiger partial charge is 0.242 e. The Labute approximate surface area is 134 Å². The number of nitrogens with one attached hydrogen (secondary N) is 1. The monoisotopic (exact) mass is 320 g/mol. The van der Waals surface area contributed by atoms with Crippen molar-refractivity contribution < 1.29 is 9.59 Å². The molecule has 0 radical (unpaired) electrons. The Bertz CT molecular complexity index is 598. The number of amides is 2. The van der Waals surface area contributed by atoms with Gasteiger partial charge in [0, 0.05) is 46.0 Å². The van der Waals surface area contributed by atoms with Gasteiger partial charge in [0.2, 0.25) is 11.8 Å². The van der Waals surface area contributed by atoms with Gasteiger partial charge in [-0.05, 0) is 24.3 Å². The van der Waals surface area contributed by atoms with E-state index < -0.39 is 5.25 Å². The summed E-state index contributed by atoms with van der Waals surface area (Å²) < 4.78 is 0. The molecule has 0 saturated carbocycles. The minimum absolute atomic E-state index is 0.0799. The molecule has 22 heavy (non-hydrogen) atoms. The standard InChI is InChI=1S/C15H20N4O2S/c1-16-15-19(4)14(21)12(22-15)9-13(20)17-10-5-7-11(8-6-10)18(2)3/h5-8,12H,9H2,1-4H3,(H,17,20)/t12-/m1/s1. The Kier molecular flexibility index (Phi) is 5.07. The number of hydrogen-bond donors (Lipinski definition) is 1. The normalized spacial score (nSPS) is 19.6. The molecule has 2 amide bonds. The summed E-state index contributed by atoms with van der Waals surface area (Å²) in [6.45, 7) is 0. The van der Waals surface area contributed by atoms with Crippen molar-refractivity contribution in [3.8, 4) is 0 Å². The molecule has 1 saturated heterocycles. The zero-order valence-electron chi connectivity index (χ0n) is 13.2. The van der Waals surface area contributed by atoms with Crippen molar-refractivity contribution in [2.45, 2.75) is 11.7 Å². The number of thioether (sulfide) groups is 1. The SMILES string of the molecule is CN=C1S[C@H](CC(=O)Nc2ccc(N(C)C)cc2)C(=O)N1C. The number of carbonyl (C=O) groups excluding carboxylic acids is 2. The molecule has 0 spiro atoms. The molecule has 118 valence electrons. The molecule has 1 fully saturated rings. The molecule has 1 atom stereocenters. The number of rotatable bonds is 4. The van der Waals surface area contributed by atoms with Crippen LogP contribution in [-0.4, -0.2) is 55.3 Å². The fourth-order valence-electron chi connectivity index (χ4n) is 2.12. The Morgan fingerprint density at radius 1 is 1.36 bits per heavy atom. The zero-order chi connectivity index (χ0) is 16.3. The highest BCUT2D eigenvalue weighted by Gasteiger charge is 2.36. The summed E-state index contributed by atoms with van der Waals surface area (Å²) in [6.07, 6.45) is 0.141. The van der Waals surface area contributed by atoms with E-state index in [0.717, 1.165) is 11.4 Å². The highest BCUT2D eigenvalue weighted by Crippen LogP contribution is 2.28. The molecule has 7 heteroatoms. The van der Waals surface area contributed by atoms with Gasteiger partial charge < -0.3 is 10.2 Å². The van der Waals surface area contributed by atoms with Crippen molar-refractivity contribution in [3.63, 3.8) is 0 Å². The molecule has 1 heterocycles. The van der Waals surface area contributed by atoms with Crippen LogP contribution in [0.25, 0.3) is 0 Å². The average molecular weight is 320 g/mol. The minimum atomic E-state index is -0.398. The fraction of sp³-hybridized carbons (Fsp3) is 0.400. The fourth-order valence-corrected chi connectivity index (χ4v) is 3.22. The molecule has 1 aromatic rings. The summed E-state index contributed by atoms with van der Waals surface area (Å²) in [5.41, 5.74) is 1.79. The first-order valence-electron chi connectivity index (χ1n) is 6.90. The predicted molar refractivity (Wildman–Crippen MR) is 91.5 cm³/mol. The second-order valence-electron chi connectivity index (χ2n) is 5.20. The van der Waals surface area contributed by atoms with Crippen LogP contribution in [0.5, 0.6) is 0 Å². The second kappa shape index (κ2) is 6.83. The maximum absolute atomic E-state index is 12.1. The minimum Gasteiger partial charge on any atom is -0.378 e. The predicted octanol–water partition coefficient (Wildman–Crippen LogP) is 1.64. The lowest BCUT2D eigenvalue weighted by Crippen LogP contribution is -2.30. The van der Waals surface area contributed by atoms with E-state index in [1.165, 1.54) is 16.7 Å². The van der Waals surface area contributed by atoms with E-state index in [-0.39, 0.29) is 18.2 Å². The number of hydrogen-bond acceptors (Lipinski definition) is 5. The molecule has 0 aromatic heterocycles. The molecule has 1 N–H and O–H groups in total. The van der Waals surface area contributed by atoms with Crippen molar-refractivity contribution in [1.82, 2.24) is 4.90 Å². The third kappa shape index (κ3) is 3.59. The van der Waals surface area contributed by atoms with Gasteiger partial charge in [0.05, 0.1) is 0 Å². The maximum atomic E-state index is 12.1. The number of carbonyl (C=O) groups is 2. The first kappa shape index (κ1) is 16.4. The van der Waals surface area contributed by atoms with Crippen molar-refractivity contribution in [2.75, 3.05) is 38.4 Å². The summed E-state index contributed by atoms with van der Waals surface area (Å²) in [6, 6.07) is 7.56. The van der Waals surface area contributed by atoms with Crippen LogP contribution < -0.4 is 10.2 Å². The first-order valence-corrected chi connectivity index (χ1v) is 7.78. The van der Waals surface area contributed by atoms with Gasteiger partial charge in [0.1, 0.15) is 5.25 Å². The Morgan fingerprint density at radius 3 is 2.50 bits per heavy atom. The van der Waals surface area contributed by atoms with E-state index in [9.17, 15) is 9.59 Å². The van der Waals surface area contributed by atoms with Gasteiger partial charge in [-0.3, -0.25) is 19.5 Å². The van der Waals surface area contributed by atoms with E-state index >= 15 is 0 Å². The Balaban J connectivity index is 1.95. The molecule has 1 aromatic carbocycles. The van der Waals surface area contributed by atoms with Crippen LogP contribution in [0.2, 0.25) is 0 Å². The first-order chi connectivity index (χ1) is 10.4. The van der Waals surface area contributed by atoms with Crippen molar-refractivity contribution in [3.05, 3.63) is 24.3 Å². The van der Waals surface area contributed by atoms with E-state index in [1.54, 1.807) is 14.1 Å². The summed E-state index contributed by atoms with van der Waals surface area (Å²) >= 11 is 1.33. The maximum Gasteiger partial charge on any atom is 0.242 e. The van der Waals surface area contributed by atoms with Crippen LogP contribution in [0.4, 0.5) is 11.4 Å². The van der Waals surface area contributed by atoms with Gasteiger partial charge in [-0.15, -0.1) is 0 Å². The number of benzene rings is 1. The molecule has 6 nitrogen and oxygen atoms in total. The van der Waals surface area contributed by atoms with Gasteiger partial charge in [-0.1, -0.05) is 11.8 Å². The molecule has 1 aliphatic rings. The van der Waals surface area contributed by atoms with Crippen molar-refractivity contribution in [1.29, 1.82) is 0 Å². The lowest BCUT2D eigenvalue weighted by Gasteiger charge is -2.13. The van der Waals surface area contributed by atoms with Crippen LogP contribution in [0, 0.1) is 0 Å². The molecule has 1 aliphatic heterocycles. The van der Waals surface area contributed by atoms with Crippen molar-refractivity contribution in [2.24, 2.45) is 4.99 Å². The molecule has 0 aliphatic carbocycles. The lowest BCUT2D eigenvalue weighted by atomic mass is 10.2. The van der Waals surface area contributed by atoms with Crippen LogP contribution >= 0.6 is 11.8 Å². The number of amidine groups is 1. The molecule has 0 unspecified atom stereocenters. The number of aliphatic imine (C=N–C) groups is 1. The molecular formula is C15H20N4O2S. The van der Waals surface area contributed by atoms with Crippen LogP contribution in [0.1, 0.15) is 6.42 Å². The third-order valence-electron chi connectivity index (χ3n) is 3.37. The molecular weight excluding hydrogens is 300 g/mol. The van der Waals surface area contributed by atoms with Gasteiger partial charge in [0.25, 0.3) is 0 Å². The van der Waals surface area contributed by atoms with Crippen LogP contribution in [-0.2, 0) is 9.59 Å². The van der Waals surface area contributed by atoms with Gasteiger partial charge in [-0.2, -0.15) is 0 Å². The average Bonchev–Trinajstić information content (AvgIpc) is 2.75. The number of nitrogens with zero attached hydrogens (tertiary/aromatic N) is 3. The summed E-state index contributed by atoms with van der Waals surface area (Å²) in [5.74, 6) is -0.252. The molecule has 0 bridgehead atoms. The van der Waals surface area contributed by atoms with Gasteiger partial charge in [-0.25, -0.2) is 0 Å². The van der Waals surface area contributed by atoms with E-state index in [4.69, 9.17) is 0 Å². The van der Waals surface area contributed by atoms with Crippen molar-refractivity contribution >= 4 is 40.1 Å². The lowest BCUT2D eigenvalue weighted by molar-refractivity contribution is -0.127. The van der Waals surface area contributed by atoms with Gasteiger partial charge >= 0.3 is 0 Å². The molecule has 2 rings (SSSR count). The van der Waals surface area contributed by atoms with Crippen LogP contribution in [0.15, 0.2) is 29.3 Å². The quantitative estimate of drug-likeness (QED) is 0.916. The topological polar surface area (TPSA) is 65.0 Å². The highest BCUT2D eigenvalue weighted by atomic mass is 32.2. The summed E-state index contributed by atoms with van der Waals surface area (Å²) in [5, 5.41) is 3.07. The Hall–Kier alpha value is -2.02. The summed E-state index contributed by atoms with van der Waals surface area (Å²) in [7, 11) is 7.23. The third-order valence-corrected chi connectivity index (χ3v) is 4.69. The second-order valence-corrected chi connectivity index (χ2v) is 6.37. The van der Waals surface area contributed by atoms with E-state index in [2.05, 4.69) is 10.3 Å².